The molecule has 0 radical (unpaired) electrons. The highest BCUT2D eigenvalue weighted by Gasteiger charge is 2.33. The van der Waals surface area contributed by atoms with Gasteiger partial charge in [-0.25, -0.2) is 9.97 Å². The van der Waals surface area contributed by atoms with Crippen LogP contribution in [-0.2, 0) is 4.79 Å². The number of carbonyl (C=O) groups is 1. The summed E-state index contributed by atoms with van der Waals surface area (Å²) in [6.45, 7) is 3.83. The molecule has 2 N–H and O–H groups in total. The number of nitrogens with zero attached hydrogens (tertiary/aromatic N) is 4. The number of hydrogen-bond donors (Lipinski definition) is 2. The third-order valence-electron chi connectivity index (χ3n) is 5.58. The molecule has 0 fully saturated rings. The summed E-state index contributed by atoms with van der Waals surface area (Å²) in [5, 5.41) is 7.97. The number of amides is 1. The molecule has 178 valence electrons. The Morgan fingerprint density at radius 2 is 1.94 bits per heavy atom. The van der Waals surface area contributed by atoms with Crippen molar-refractivity contribution in [1.29, 1.82) is 0 Å². The van der Waals surface area contributed by atoms with Crippen LogP contribution in [0.4, 0.5) is 24.7 Å². The molecular formula is C23H16ClF3N6O2. The highest BCUT2D eigenvalue weighted by atomic mass is 35.5. The van der Waals surface area contributed by atoms with Crippen LogP contribution in [0.3, 0.4) is 0 Å². The van der Waals surface area contributed by atoms with Gasteiger partial charge in [0.2, 0.25) is 0 Å². The first-order valence-corrected chi connectivity index (χ1v) is 10.6. The van der Waals surface area contributed by atoms with Gasteiger partial charge in [-0.1, -0.05) is 17.7 Å². The van der Waals surface area contributed by atoms with E-state index in [1.165, 1.54) is 12.4 Å². The Labute approximate surface area is 201 Å². The third kappa shape index (κ3) is 4.14. The highest BCUT2D eigenvalue weighted by Crippen LogP contribution is 2.33. The molecule has 0 saturated heterocycles. The van der Waals surface area contributed by atoms with Crippen molar-refractivity contribution >= 4 is 45.8 Å². The number of ether oxygens (including phenoxy) is 1. The summed E-state index contributed by atoms with van der Waals surface area (Å²) in [5.74, 6) is -0.714. The SMILES string of the molecule is Cc1c(C)n(-c2cccc(Cl)c2)c2ncnc(N/N=C3\C(=O)Nc4ccc(OC(F)(F)F)cc43)c12. The topological polar surface area (TPSA) is 93.4 Å². The molecule has 0 bridgehead atoms. The van der Waals surface area contributed by atoms with E-state index >= 15 is 0 Å². The van der Waals surface area contributed by atoms with Gasteiger partial charge in [0.15, 0.2) is 17.2 Å². The van der Waals surface area contributed by atoms with Crippen molar-refractivity contribution < 1.29 is 22.7 Å². The molecule has 8 nitrogen and oxygen atoms in total. The number of hydrazone groups is 1. The first-order valence-electron chi connectivity index (χ1n) is 10.3. The van der Waals surface area contributed by atoms with Crippen LogP contribution in [0.2, 0.25) is 5.02 Å². The van der Waals surface area contributed by atoms with E-state index in [-0.39, 0.29) is 11.3 Å². The van der Waals surface area contributed by atoms with Gasteiger partial charge in [0.25, 0.3) is 5.91 Å². The van der Waals surface area contributed by atoms with Crippen molar-refractivity contribution in [2.45, 2.75) is 20.2 Å². The zero-order valence-corrected chi connectivity index (χ0v) is 19.0. The molecule has 0 atom stereocenters. The van der Waals surface area contributed by atoms with Gasteiger partial charge >= 0.3 is 6.36 Å². The summed E-state index contributed by atoms with van der Waals surface area (Å²) in [5.41, 5.74) is 6.34. The lowest BCUT2D eigenvalue weighted by Crippen LogP contribution is -2.18. The van der Waals surface area contributed by atoms with E-state index in [0.29, 0.717) is 27.6 Å². The molecule has 2 aromatic heterocycles. The number of alkyl halides is 3. The Balaban J connectivity index is 1.55. The van der Waals surface area contributed by atoms with E-state index < -0.39 is 18.0 Å². The molecule has 4 aromatic rings. The summed E-state index contributed by atoms with van der Waals surface area (Å²) in [7, 11) is 0. The molecule has 2 aromatic carbocycles. The van der Waals surface area contributed by atoms with Crippen molar-refractivity contribution in [2.24, 2.45) is 5.10 Å². The van der Waals surface area contributed by atoms with Crippen LogP contribution in [0, 0.1) is 13.8 Å². The molecule has 0 saturated carbocycles. The minimum atomic E-state index is -4.86. The first kappa shape index (κ1) is 22.7. The van der Waals surface area contributed by atoms with Gasteiger partial charge in [0.1, 0.15) is 12.1 Å². The van der Waals surface area contributed by atoms with Crippen LogP contribution in [0.5, 0.6) is 5.75 Å². The largest absolute Gasteiger partial charge is 0.573 e. The van der Waals surface area contributed by atoms with E-state index in [4.69, 9.17) is 11.6 Å². The Morgan fingerprint density at radius 3 is 2.69 bits per heavy atom. The van der Waals surface area contributed by atoms with Crippen molar-refractivity contribution in [3.8, 4) is 11.4 Å². The maximum absolute atomic E-state index is 12.6. The predicted molar refractivity (Wildman–Crippen MR) is 125 cm³/mol. The zero-order valence-electron chi connectivity index (χ0n) is 18.2. The second-order valence-electron chi connectivity index (χ2n) is 7.73. The molecule has 1 amide bonds. The fourth-order valence-corrected chi connectivity index (χ4v) is 4.15. The Morgan fingerprint density at radius 1 is 1.14 bits per heavy atom. The van der Waals surface area contributed by atoms with Crippen LogP contribution in [0.25, 0.3) is 16.7 Å². The van der Waals surface area contributed by atoms with Crippen LogP contribution < -0.4 is 15.5 Å². The number of rotatable bonds is 4. The molecular weight excluding hydrogens is 485 g/mol. The number of carbonyl (C=O) groups excluding carboxylic acids is 1. The molecule has 0 spiro atoms. The Kier molecular flexibility index (Phi) is 5.36. The van der Waals surface area contributed by atoms with E-state index in [1.807, 2.05) is 36.6 Å². The van der Waals surface area contributed by atoms with Crippen LogP contribution in [0.15, 0.2) is 53.9 Å². The van der Waals surface area contributed by atoms with Crippen molar-refractivity contribution in [3.05, 3.63) is 70.6 Å². The van der Waals surface area contributed by atoms with Gasteiger partial charge in [-0.05, 0) is 55.8 Å². The number of anilines is 2. The summed E-state index contributed by atoms with van der Waals surface area (Å²) in [6, 6.07) is 10.8. The average Bonchev–Trinajstić information content (AvgIpc) is 3.24. The number of hydrogen-bond acceptors (Lipinski definition) is 6. The van der Waals surface area contributed by atoms with E-state index in [0.717, 1.165) is 29.1 Å². The fraction of sp³-hybridized carbons (Fsp3) is 0.130. The van der Waals surface area contributed by atoms with Gasteiger partial charge in [0, 0.05) is 22.0 Å². The molecule has 0 aliphatic carbocycles. The third-order valence-corrected chi connectivity index (χ3v) is 5.81. The maximum atomic E-state index is 12.6. The summed E-state index contributed by atoms with van der Waals surface area (Å²) >= 11 is 6.17. The Hall–Kier alpha value is -4.12. The van der Waals surface area contributed by atoms with Crippen LogP contribution in [0.1, 0.15) is 16.8 Å². The molecule has 0 unspecified atom stereocenters. The molecule has 1 aliphatic rings. The van der Waals surface area contributed by atoms with Crippen molar-refractivity contribution in [3.63, 3.8) is 0 Å². The first-order chi connectivity index (χ1) is 16.6. The second-order valence-corrected chi connectivity index (χ2v) is 8.16. The van der Waals surface area contributed by atoms with Crippen LogP contribution in [-0.4, -0.2) is 32.5 Å². The van der Waals surface area contributed by atoms with Gasteiger partial charge < -0.3 is 10.1 Å². The Bertz CT molecular complexity index is 1530. The van der Waals surface area contributed by atoms with Crippen LogP contribution >= 0.6 is 11.6 Å². The standard InChI is InChI=1S/C23H16ClF3N6O2/c1-11-12(2)33(14-5-3-4-13(24)8-14)21-18(11)20(28-10-29-21)32-31-19-16-9-15(35-23(25,26)27)6-7-17(16)30-22(19)34/h3-10H,1-2H3,(H,28,29,32)(H,30,31,34). The normalized spacial score (nSPS) is 14.3. The summed E-state index contributed by atoms with van der Waals surface area (Å²) in [4.78, 5) is 21.2. The summed E-state index contributed by atoms with van der Waals surface area (Å²) in [6.07, 6.45) is -3.51. The zero-order chi connectivity index (χ0) is 24.9. The minimum absolute atomic E-state index is 0.108. The lowest BCUT2D eigenvalue weighted by atomic mass is 10.1. The van der Waals surface area contributed by atoms with Gasteiger partial charge in [-0.3, -0.25) is 14.8 Å². The summed E-state index contributed by atoms with van der Waals surface area (Å²) < 4.78 is 43.8. The van der Waals surface area contributed by atoms with Gasteiger partial charge in [-0.2, -0.15) is 5.10 Å². The predicted octanol–water partition coefficient (Wildman–Crippen LogP) is 5.36. The number of halogens is 4. The van der Waals surface area contributed by atoms with E-state index in [9.17, 15) is 18.0 Å². The molecule has 3 heterocycles. The molecule has 12 heteroatoms. The van der Waals surface area contributed by atoms with E-state index in [1.54, 1.807) is 6.07 Å². The molecule has 1 aliphatic heterocycles. The van der Waals surface area contributed by atoms with Crippen molar-refractivity contribution in [1.82, 2.24) is 14.5 Å². The average molecular weight is 501 g/mol. The lowest BCUT2D eigenvalue weighted by molar-refractivity contribution is -0.274. The number of aryl methyl sites for hydroxylation is 1. The fourth-order valence-electron chi connectivity index (χ4n) is 3.96. The number of benzene rings is 2. The number of aromatic nitrogens is 3. The van der Waals surface area contributed by atoms with Gasteiger partial charge in [-0.15, -0.1) is 13.2 Å². The highest BCUT2D eigenvalue weighted by molar-refractivity contribution is 6.54. The van der Waals surface area contributed by atoms with Crippen molar-refractivity contribution in [2.75, 3.05) is 10.7 Å². The molecule has 5 rings (SSSR count). The quantitative estimate of drug-likeness (QED) is 0.368. The lowest BCUT2D eigenvalue weighted by Gasteiger charge is -2.09. The minimum Gasteiger partial charge on any atom is -0.406 e. The maximum Gasteiger partial charge on any atom is 0.573 e. The van der Waals surface area contributed by atoms with E-state index in [2.05, 4.69) is 30.5 Å². The smallest absolute Gasteiger partial charge is 0.406 e. The number of fused-ring (bicyclic) bond motifs is 2. The second kappa shape index (κ2) is 8.27. The molecule has 35 heavy (non-hydrogen) atoms. The van der Waals surface area contributed by atoms with Gasteiger partial charge in [0.05, 0.1) is 11.1 Å². The monoisotopic (exact) mass is 500 g/mol. The number of nitrogens with one attached hydrogen (secondary N) is 2.